The molecule has 0 saturated heterocycles. The van der Waals surface area contributed by atoms with Crippen molar-refractivity contribution in [1.29, 1.82) is 0 Å². The number of aryl methyl sites for hydroxylation is 1. The normalized spacial score (nSPS) is 14.3. The zero-order chi connectivity index (χ0) is 32.5. The number of anilines is 1. The van der Waals surface area contributed by atoms with Gasteiger partial charge in [-0.25, -0.2) is 8.42 Å². The number of rotatable bonds is 12. The lowest BCUT2D eigenvalue weighted by molar-refractivity contribution is -0.140. The van der Waals surface area contributed by atoms with E-state index in [1.54, 1.807) is 66.7 Å². The first-order chi connectivity index (χ1) is 22.2. The van der Waals surface area contributed by atoms with Crippen molar-refractivity contribution >= 4 is 39.1 Å². The molecule has 1 atom stereocenters. The molecule has 0 unspecified atom stereocenters. The molecular weight excluding hydrogens is 618 g/mol. The summed E-state index contributed by atoms with van der Waals surface area (Å²) in [5.41, 5.74) is 2.81. The van der Waals surface area contributed by atoms with E-state index in [1.807, 2.05) is 49.4 Å². The van der Waals surface area contributed by atoms with Gasteiger partial charge in [-0.05, 0) is 61.2 Å². The third-order valence-electron chi connectivity index (χ3n) is 8.45. The lowest BCUT2D eigenvalue weighted by Gasteiger charge is -2.35. The van der Waals surface area contributed by atoms with Crippen LogP contribution in [0, 0.1) is 6.92 Å². The minimum atomic E-state index is -4.15. The highest BCUT2D eigenvalue weighted by Crippen LogP contribution is 2.26. The van der Waals surface area contributed by atoms with Crippen LogP contribution in [-0.2, 0) is 32.6 Å². The molecule has 0 aromatic heterocycles. The van der Waals surface area contributed by atoms with Gasteiger partial charge in [0.2, 0.25) is 11.8 Å². The van der Waals surface area contributed by atoms with Crippen LogP contribution in [0.3, 0.4) is 0 Å². The third-order valence-corrected chi connectivity index (χ3v) is 10.6. The summed E-state index contributed by atoms with van der Waals surface area (Å²) >= 11 is 6.60. The van der Waals surface area contributed by atoms with Gasteiger partial charge >= 0.3 is 0 Å². The second-order valence-electron chi connectivity index (χ2n) is 11.8. The van der Waals surface area contributed by atoms with Crippen molar-refractivity contribution in [2.75, 3.05) is 10.8 Å². The summed E-state index contributed by atoms with van der Waals surface area (Å²) in [5, 5.41) is 3.68. The number of sulfonamides is 1. The molecule has 46 heavy (non-hydrogen) atoms. The maximum Gasteiger partial charge on any atom is 0.264 e. The van der Waals surface area contributed by atoms with Crippen LogP contribution in [0.5, 0.6) is 0 Å². The van der Waals surface area contributed by atoms with Gasteiger partial charge in [-0.2, -0.15) is 0 Å². The maximum absolute atomic E-state index is 14.6. The number of benzene rings is 4. The summed E-state index contributed by atoms with van der Waals surface area (Å²) in [7, 11) is -4.15. The molecule has 1 aliphatic rings. The SMILES string of the molecule is Cc1ccc(S(=O)(=O)N(CC(=O)N(Cc2ccccc2Cl)[C@@H](Cc2ccccc2)C(=O)NC2CCCCC2)c2ccccc2)cc1. The fraction of sp³-hybridized carbons (Fsp3) is 0.297. The van der Waals surface area contributed by atoms with Crippen LogP contribution < -0.4 is 9.62 Å². The zero-order valence-electron chi connectivity index (χ0n) is 26.0. The second-order valence-corrected chi connectivity index (χ2v) is 14.1. The quantitative estimate of drug-likeness (QED) is 0.179. The van der Waals surface area contributed by atoms with Crippen molar-refractivity contribution < 1.29 is 18.0 Å². The Hall–Kier alpha value is -4.14. The number of carbonyl (C=O) groups excluding carboxylic acids is 2. The average Bonchev–Trinajstić information content (AvgIpc) is 3.07. The molecule has 1 saturated carbocycles. The molecule has 0 heterocycles. The molecule has 1 N–H and O–H groups in total. The van der Waals surface area contributed by atoms with Gasteiger partial charge in [0.1, 0.15) is 12.6 Å². The second kappa shape index (κ2) is 15.4. The van der Waals surface area contributed by atoms with Crippen molar-refractivity contribution in [2.24, 2.45) is 0 Å². The molecule has 240 valence electrons. The molecule has 5 rings (SSSR count). The van der Waals surface area contributed by atoms with Crippen LogP contribution in [0.15, 0.2) is 114 Å². The summed E-state index contributed by atoms with van der Waals surface area (Å²) in [6, 6.07) is 31.0. The molecule has 1 aliphatic carbocycles. The molecule has 0 aliphatic heterocycles. The minimum absolute atomic E-state index is 0.0273. The summed E-state index contributed by atoms with van der Waals surface area (Å²) in [6.07, 6.45) is 5.25. The maximum atomic E-state index is 14.6. The van der Waals surface area contributed by atoms with E-state index in [9.17, 15) is 18.0 Å². The van der Waals surface area contributed by atoms with Crippen molar-refractivity contribution in [1.82, 2.24) is 10.2 Å². The topological polar surface area (TPSA) is 86.8 Å². The molecule has 0 spiro atoms. The summed E-state index contributed by atoms with van der Waals surface area (Å²) < 4.78 is 29.4. The fourth-order valence-corrected chi connectivity index (χ4v) is 7.48. The van der Waals surface area contributed by atoms with E-state index >= 15 is 0 Å². The molecule has 4 aromatic carbocycles. The number of amides is 2. The Kier molecular flexibility index (Phi) is 11.1. The molecule has 7 nitrogen and oxygen atoms in total. The molecular formula is C37H40ClN3O4S. The van der Waals surface area contributed by atoms with Gasteiger partial charge in [0.15, 0.2) is 0 Å². The van der Waals surface area contributed by atoms with Gasteiger partial charge < -0.3 is 10.2 Å². The van der Waals surface area contributed by atoms with Gasteiger partial charge in [0, 0.05) is 24.0 Å². The lowest BCUT2D eigenvalue weighted by Crippen LogP contribution is -2.55. The standard InChI is InChI=1S/C37H40ClN3O4S/c1-28-21-23-33(24-22-28)46(44,45)41(32-18-9-4-10-19-32)27-36(42)40(26-30-15-11-12-20-34(30)38)35(25-29-13-5-2-6-14-29)37(43)39-31-16-7-3-8-17-31/h2,4-6,9-15,18-24,31,35H,3,7-8,16-17,25-27H2,1H3,(H,39,43)/t35-/m0/s1. The highest BCUT2D eigenvalue weighted by atomic mass is 35.5. The largest absolute Gasteiger partial charge is 0.352 e. The van der Waals surface area contributed by atoms with E-state index in [0.29, 0.717) is 16.3 Å². The Morgan fingerprint density at radius 2 is 1.43 bits per heavy atom. The Balaban J connectivity index is 1.55. The van der Waals surface area contributed by atoms with E-state index in [4.69, 9.17) is 11.6 Å². The number of carbonyl (C=O) groups is 2. The fourth-order valence-electron chi connectivity index (χ4n) is 5.87. The molecule has 0 bridgehead atoms. The van der Waals surface area contributed by atoms with Crippen molar-refractivity contribution in [3.05, 3.63) is 131 Å². The lowest BCUT2D eigenvalue weighted by atomic mass is 9.94. The van der Waals surface area contributed by atoms with Crippen molar-refractivity contribution in [3.63, 3.8) is 0 Å². The number of nitrogens with zero attached hydrogens (tertiary/aromatic N) is 2. The van der Waals surface area contributed by atoms with Gasteiger partial charge in [-0.15, -0.1) is 0 Å². The summed E-state index contributed by atoms with van der Waals surface area (Å²) in [4.78, 5) is 30.3. The van der Waals surface area contributed by atoms with Crippen LogP contribution in [0.4, 0.5) is 5.69 Å². The van der Waals surface area contributed by atoms with E-state index in [0.717, 1.165) is 47.5 Å². The minimum Gasteiger partial charge on any atom is -0.352 e. The number of hydrogen-bond donors (Lipinski definition) is 1. The number of para-hydroxylation sites is 1. The number of nitrogens with one attached hydrogen (secondary N) is 1. The van der Waals surface area contributed by atoms with E-state index < -0.39 is 28.5 Å². The molecule has 0 radical (unpaired) electrons. The van der Waals surface area contributed by atoms with Crippen LogP contribution in [0.1, 0.15) is 48.8 Å². The Morgan fingerprint density at radius 1 is 0.826 bits per heavy atom. The molecule has 9 heteroatoms. The van der Waals surface area contributed by atoms with E-state index in [2.05, 4.69) is 5.32 Å². The van der Waals surface area contributed by atoms with Crippen molar-refractivity contribution in [2.45, 2.75) is 69.0 Å². The Labute approximate surface area is 277 Å². The molecule has 2 amide bonds. The van der Waals surface area contributed by atoms with Crippen molar-refractivity contribution in [3.8, 4) is 0 Å². The Morgan fingerprint density at radius 3 is 2.09 bits per heavy atom. The third kappa shape index (κ3) is 8.36. The Bertz CT molecular complexity index is 1710. The van der Waals surface area contributed by atoms with Crippen LogP contribution in [0.2, 0.25) is 5.02 Å². The van der Waals surface area contributed by atoms with Gasteiger partial charge in [-0.1, -0.05) is 115 Å². The first-order valence-corrected chi connectivity index (χ1v) is 17.6. The van der Waals surface area contributed by atoms with Gasteiger partial charge in [0.05, 0.1) is 10.6 Å². The van der Waals surface area contributed by atoms with Crippen LogP contribution in [-0.4, -0.2) is 43.8 Å². The highest BCUT2D eigenvalue weighted by molar-refractivity contribution is 7.92. The molecule has 1 fully saturated rings. The summed E-state index contributed by atoms with van der Waals surface area (Å²) in [5.74, 6) is -0.775. The first-order valence-electron chi connectivity index (χ1n) is 15.7. The predicted molar refractivity (Wildman–Crippen MR) is 183 cm³/mol. The van der Waals surface area contributed by atoms with Crippen LogP contribution >= 0.6 is 11.6 Å². The van der Waals surface area contributed by atoms with E-state index in [1.165, 1.54) is 4.90 Å². The zero-order valence-corrected chi connectivity index (χ0v) is 27.6. The monoisotopic (exact) mass is 657 g/mol. The predicted octanol–water partition coefficient (Wildman–Crippen LogP) is 6.93. The van der Waals surface area contributed by atoms with Crippen LogP contribution in [0.25, 0.3) is 0 Å². The van der Waals surface area contributed by atoms with E-state index in [-0.39, 0.29) is 29.8 Å². The first kappa shape index (κ1) is 33.2. The highest BCUT2D eigenvalue weighted by Gasteiger charge is 2.35. The van der Waals surface area contributed by atoms with Gasteiger partial charge in [0.25, 0.3) is 10.0 Å². The average molecular weight is 658 g/mol. The molecule has 4 aromatic rings. The number of halogens is 1. The van der Waals surface area contributed by atoms with Gasteiger partial charge in [-0.3, -0.25) is 13.9 Å². The summed E-state index contributed by atoms with van der Waals surface area (Å²) in [6.45, 7) is 1.40. The smallest absolute Gasteiger partial charge is 0.264 e. The number of hydrogen-bond acceptors (Lipinski definition) is 4.